The van der Waals surface area contributed by atoms with E-state index in [0.29, 0.717) is 17.0 Å². The highest BCUT2D eigenvalue weighted by atomic mass is 32.2. The summed E-state index contributed by atoms with van der Waals surface area (Å²) in [6, 6.07) is 17.1. The molecule has 0 saturated carbocycles. The Balaban J connectivity index is 1.95. The van der Waals surface area contributed by atoms with Crippen molar-refractivity contribution in [1.29, 1.82) is 0 Å². The lowest BCUT2D eigenvalue weighted by Gasteiger charge is -2.25. The SMILES string of the molecule is COc1ccc(C)cc1N(CC(=O)N/N=C(/C)c1ccc(F)cc1)S(=O)(=O)c1ccc(C)cc1. The maximum atomic E-state index is 13.6. The van der Waals surface area contributed by atoms with Crippen LogP contribution in [0.3, 0.4) is 0 Å². The second-order valence-electron chi connectivity index (χ2n) is 7.74. The third-order valence-electron chi connectivity index (χ3n) is 5.11. The number of ether oxygens (including phenoxy) is 1. The van der Waals surface area contributed by atoms with Gasteiger partial charge in [-0.05, 0) is 68.3 Å². The zero-order chi connectivity index (χ0) is 24.9. The fraction of sp³-hybridized carbons (Fsp3) is 0.200. The number of hydrogen-bond donors (Lipinski definition) is 1. The molecule has 0 aliphatic heterocycles. The predicted octanol–water partition coefficient (Wildman–Crippen LogP) is 4.19. The van der Waals surface area contributed by atoms with Crippen molar-refractivity contribution >= 4 is 27.3 Å². The van der Waals surface area contributed by atoms with E-state index in [1.165, 1.54) is 43.5 Å². The van der Waals surface area contributed by atoms with Gasteiger partial charge in [-0.15, -0.1) is 0 Å². The van der Waals surface area contributed by atoms with E-state index in [-0.39, 0.29) is 16.4 Å². The Hall–Kier alpha value is -3.72. The number of anilines is 1. The minimum atomic E-state index is -4.11. The molecule has 0 saturated heterocycles. The van der Waals surface area contributed by atoms with Gasteiger partial charge in [0, 0.05) is 0 Å². The van der Waals surface area contributed by atoms with Gasteiger partial charge in [-0.1, -0.05) is 35.9 Å². The minimum absolute atomic E-state index is 0.0421. The summed E-state index contributed by atoms with van der Waals surface area (Å²) >= 11 is 0. The first-order valence-electron chi connectivity index (χ1n) is 10.4. The number of carbonyl (C=O) groups is 1. The number of sulfonamides is 1. The van der Waals surface area contributed by atoms with E-state index in [4.69, 9.17) is 4.74 Å². The molecule has 0 fully saturated rings. The first-order chi connectivity index (χ1) is 16.1. The van der Waals surface area contributed by atoms with Crippen LogP contribution in [0.15, 0.2) is 76.7 Å². The van der Waals surface area contributed by atoms with E-state index in [1.807, 2.05) is 13.8 Å². The number of nitrogens with zero attached hydrogens (tertiary/aromatic N) is 2. The first kappa shape index (κ1) is 24.9. The van der Waals surface area contributed by atoms with E-state index in [9.17, 15) is 17.6 Å². The second kappa shape index (κ2) is 10.5. The van der Waals surface area contributed by atoms with Crippen molar-refractivity contribution in [2.75, 3.05) is 18.0 Å². The average Bonchev–Trinajstić information content (AvgIpc) is 2.81. The summed E-state index contributed by atoms with van der Waals surface area (Å²) in [4.78, 5) is 12.9. The van der Waals surface area contributed by atoms with Crippen LogP contribution < -0.4 is 14.5 Å². The molecule has 0 unspecified atom stereocenters. The first-order valence-corrected chi connectivity index (χ1v) is 11.9. The predicted molar refractivity (Wildman–Crippen MR) is 130 cm³/mol. The van der Waals surface area contributed by atoms with Crippen LogP contribution in [0.5, 0.6) is 5.75 Å². The summed E-state index contributed by atoms with van der Waals surface area (Å²) in [5.74, 6) is -0.731. The van der Waals surface area contributed by atoms with E-state index < -0.39 is 22.5 Å². The van der Waals surface area contributed by atoms with Crippen LogP contribution >= 0.6 is 0 Å². The molecule has 1 amide bonds. The van der Waals surface area contributed by atoms with Gasteiger partial charge in [-0.3, -0.25) is 9.10 Å². The largest absolute Gasteiger partial charge is 0.495 e. The lowest BCUT2D eigenvalue weighted by Crippen LogP contribution is -2.40. The molecule has 1 N–H and O–H groups in total. The summed E-state index contributed by atoms with van der Waals surface area (Å²) in [5.41, 5.74) is 5.38. The lowest BCUT2D eigenvalue weighted by molar-refractivity contribution is -0.119. The monoisotopic (exact) mass is 483 g/mol. The molecule has 9 heteroatoms. The van der Waals surface area contributed by atoms with Crippen molar-refractivity contribution in [3.63, 3.8) is 0 Å². The van der Waals surface area contributed by atoms with Crippen LogP contribution in [0.2, 0.25) is 0 Å². The van der Waals surface area contributed by atoms with Crippen molar-refractivity contribution in [3.05, 3.63) is 89.2 Å². The molecular weight excluding hydrogens is 457 g/mol. The summed E-state index contributed by atoms with van der Waals surface area (Å²) in [6.07, 6.45) is 0. The van der Waals surface area contributed by atoms with Crippen LogP contribution in [0.4, 0.5) is 10.1 Å². The van der Waals surface area contributed by atoms with Crippen LogP contribution in [0.25, 0.3) is 0 Å². The summed E-state index contributed by atoms with van der Waals surface area (Å²) < 4.78 is 46.7. The van der Waals surface area contributed by atoms with Crippen molar-refractivity contribution in [2.45, 2.75) is 25.7 Å². The molecular formula is C25H26FN3O4S. The summed E-state index contributed by atoms with van der Waals surface area (Å²) in [5, 5.41) is 4.04. The number of hydrogen-bond acceptors (Lipinski definition) is 5. The van der Waals surface area contributed by atoms with Gasteiger partial charge in [-0.2, -0.15) is 5.10 Å². The number of halogens is 1. The third kappa shape index (κ3) is 5.79. The standard InChI is InChI=1S/C25H26FN3O4S/c1-17-5-12-22(13-6-17)34(31,32)29(23-15-18(2)7-14-24(23)33-4)16-25(30)28-27-19(3)20-8-10-21(26)11-9-20/h5-15H,16H2,1-4H3,(H,28,30)/b27-19-. The Labute approximate surface area is 198 Å². The smallest absolute Gasteiger partial charge is 0.264 e. The number of nitrogens with one attached hydrogen (secondary N) is 1. The number of rotatable bonds is 8. The Kier molecular flexibility index (Phi) is 7.68. The van der Waals surface area contributed by atoms with Crippen LogP contribution in [-0.2, 0) is 14.8 Å². The summed E-state index contributed by atoms with van der Waals surface area (Å²) in [6.45, 7) is 4.79. The zero-order valence-corrected chi connectivity index (χ0v) is 20.2. The molecule has 0 aromatic heterocycles. The van der Waals surface area contributed by atoms with Crippen molar-refractivity contribution in [3.8, 4) is 5.75 Å². The van der Waals surface area contributed by atoms with Gasteiger partial charge in [0.25, 0.3) is 15.9 Å². The Morgan fingerprint density at radius 2 is 1.62 bits per heavy atom. The highest BCUT2D eigenvalue weighted by Gasteiger charge is 2.29. The van der Waals surface area contributed by atoms with E-state index in [0.717, 1.165) is 15.4 Å². The molecule has 178 valence electrons. The fourth-order valence-corrected chi connectivity index (χ4v) is 4.62. The third-order valence-corrected chi connectivity index (χ3v) is 6.88. The van der Waals surface area contributed by atoms with Crippen molar-refractivity contribution in [1.82, 2.24) is 5.43 Å². The highest BCUT2D eigenvalue weighted by Crippen LogP contribution is 2.33. The van der Waals surface area contributed by atoms with Crippen LogP contribution in [0, 0.1) is 19.7 Å². The van der Waals surface area contributed by atoms with E-state index in [2.05, 4.69) is 10.5 Å². The number of amides is 1. The van der Waals surface area contributed by atoms with Crippen molar-refractivity contribution < 1.29 is 22.3 Å². The quantitative estimate of drug-likeness (QED) is 0.385. The number of methoxy groups -OCH3 is 1. The summed E-state index contributed by atoms with van der Waals surface area (Å²) in [7, 11) is -2.68. The molecule has 0 aliphatic carbocycles. The second-order valence-corrected chi connectivity index (χ2v) is 9.60. The van der Waals surface area contributed by atoms with E-state index in [1.54, 1.807) is 37.3 Å². The number of aryl methyl sites for hydroxylation is 2. The number of hydrazone groups is 1. The molecule has 3 rings (SSSR count). The highest BCUT2D eigenvalue weighted by molar-refractivity contribution is 7.92. The van der Waals surface area contributed by atoms with Crippen LogP contribution in [0.1, 0.15) is 23.6 Å². The molecule has 0 aliphatic rings. The Morgan fingerprint density at radius 3 is 2.24 bits per heavy atom. The van der Waals surface area contributed by atoms with Crippen molar-refractivity contribution in [2.24, 2.45) is 5.10 Å². The maximum absolute atomic E-state index is 13.6. The number of benzene rings is 3. The zero-order valence-electron chi connectivity index (χ0n) is 19.4. The molecule has 3 aromatic rings. The van der Waals surface area contributed by atoms with Gasteiger partial charge in [0.15, 0.2) is 0 Å². The molecule has 0 spiro atoms. The number of carbonyl (C=O) groups excluding carboxylic acids is 1. The van der Waals surface area contributed by atoms with Crippen LogP contribution in [-0.4, -0.2) is 33.7 Å². The van der Waals surface area contributed by atoms with Gasteiger partial charge in [0.2, 0.25) is 0 Å². The molecule has 0 bridgehead atoms. The Morgan fingerprint density at radius 1 is 1.00 bits per heavy atom. The Bertz CT molecular complexity index is 1300. The van der Waals surface area contributed by atoms with Gasteiger partial charge in [0.1, 0.15) is 18.1 Å². The fourth-order valence-electron chi connectivity index (χ4n) is 3.20. The molecule has 0 radical (unpaired) electrons. The average molecular weight is 484 g/mol. The van der Waals surface area contributed by atoms with Gasteiger partial charge in [-0.25, -0.2) is 18.2 Å². The molecule has 0 heterocycles. The normalized spacial score (nSPS) is 11.7. The topological polar surface area (TPSA) is 88.1 Å². The lowest BCUT2D eigenvalue weighted by atomic mass is 10.1. The minimum Gasteiger partial charge on any atom is -0.495 e. The van der Waals surface area contributed by atoms with Gasteiger partial charge >= 0.3 is 0 Å². The molecule has 34 heavy (non-hydrogen) atoms. The molecule has 0 atom stereocenters. The molecule has 7 nitrogen and oxygen atoms in total. The van der Waals surface area contributed by atoms with Gasteiger partial charge < -0.3 is 4.74 Å². The van der Waals surface area contributed by atoms with Gasteiger partial charge in [0.05, 0.1) is 23.4 Å². The van der Waals surface area contributed by atoms with E-state index >= 15 is 0 Å². The maximum Gasteiger partial charge on any atom is 0.264 e. The molecule has 3 aromatic carbocycles.